The van der Waals surface area contributed by atoms with Crippen LogP contribution in [0.4, 0.5) is 5.13 Å². The molecular formula is C17H21N3OS2. The number of benzene rings is 1. The Labute approximate surface area is 145 Å². The molecule has 0 aliphatic heterocycles. The van der Waals surface area contributed by atoms with Crippen LogP contribution in [0.25, 0.3) is 0 Å². The highest BCUT2D eigenvalue weighted by Crippen LogP contribution is 2.28. The topological polar surface area (TPSA) is 54.9 Å². The summed E-state index contributed by atoms with van der Waals surface area (Å²) in [6.45, 7) is 12.4. The van der Waals surface area contributed by atoms with Crippen molar-refractivity contribution in [3.8, 4) is 0 Å². The zero-order chi connectivity index (χ0) is 17.0. The molecule has 0 saturated heterocycles. The molecule has 0 spiro atoms. The van der Waals surface area contributed by atoms with Gasteiger partial charge in [-0.3, -0.25) is 4.79 Å². The highest BCUT2D eigenvalue weighted by atomic mass is 32.2. The van der Waals surface area contributed by atoms with Gasteiger partial charge in [-0.1, -0.05) is 35.2 Å². The van der Waals surface area contributed by atoms with Crippen LogP contribution in [0.5, 0.6) is 0 Å². The van der Waals surface area contributed by atoms with Crippen molar-refractivity contribution in [1.29, 1.82) is 0 Å². The van der Waals surface area contributed by atoms with Crippen molar-refractivity contribution in [2.24, 2.45) is 0 Å². The molecule has 6 heteroatoms. The van der Waals surface area contributed by atoms with Crippen LogP contribution in [0.1, 0.15) is 32.6 Å². The number of hydrogen-bond acceptors (Lipinski definition) is 6. The van der Waals surface area contributed by atoms with E-state index in [4.69, 9.17) is 0 Å². The normalized spacial score (nSPS) is 10.6. The molecule has 122 valence electrons. The van der Waals surface area contributed by atoms with Gasteiger partial charge < -0.3 is 5.32 Å². The Bertz CT molecular complexity index is 711. The van der Waals surface area contributed by atoms with Gasteiger partial charge in [0.15, 0.2) is 10.1 Å². The quantitative estimate of drug-likeness (QED) is 0.458. The lowest BCUT2D eigenvalue weighted by Gasteiger charge is -2.13. The Morgan fingerprint density at radius 1 is 1.26 bits per heavy atom. The lowest BCUT2D eigenvalue weighted by molar-refractivity contribution is 0.102. The fourth-order valence-electron chi connectivity index (χ4n) is 2.33. The molecule has 0 radical (unpaired) electrons. The molecular weight excluding hydrogens is 326 g/mol. The van der Waals surface area contributed by atoms with Gasteiger partial charge in [0.25, 0.3) is 0 Å². The first-order valence-electron chi connectivity index (χ1n) is 7.35. The number of rotatable bonds is 7. The second-order valence-electron chi connectivity index (χ2n) is 5.39. The summed E-state index contributed by atoms with van der Waals surface area (Å²) in [5, 5.41) is 12.0. The van der Waals surface area contributed by atoms with Crippen molar-refractivity contribution in [1.82, 2.24) is 10.2 Å². The van der Waals surface area contributed by atoms with Gasteiger partial charge in [0.2, 0.25) is 5.13 Å². The third-order valence-corrected chi connectivity index (χ3v) is 5.79. The molecule has 1 aromatic heterocycles. The van der Waals surface area contributed by atoms with Crippen molar-refractivity contribution < 1.29 is 4.79 Å². The molecule has 1 aromatic carbocycles. The summed E-state index contributed by atoms with van der Waals surface area (Å²) in [5.41, 5.74) is 5.32. The number of ketones is 1. The maximum absolute atomic E-state index is 12.6. The molecule has 23 heavy (non-hydrogen) atoms. The molecule has 1 N–H and O–H groups in total. The zero-order valence-corrected chi connectivity index (χ0v) is 15.5. The Hall–Kier alpha value is -1.66. The minimum absolute atomic E-state index is 0.146. The summed E-state index contributed by atoms with van der Waals surface area (Å²) >= 11 is 2.89. The van der Waals surface area contributed by atoms with Crippen LogP contribution in [0, 0.1) is 27.7 Å². The smallest absolute Gasteiger partial charge is 0.206 e. The predicted octanol–water partition coefficient (Wildman–Crippen LogP) is 4.34. The predicted molar refractivity (Wildman–Crippen MR) is 99.0 cm³/mol. The van der Waals surface area contributed by atoms with E-state index < -0.39 is 0 Å². The van der Waals surface area contributed by atoms with Gasteiger partial charge in [-0.15, -0.1) is 16.8 Å². The number of nitrogens with zero attached hydrogens (tertiary/aromatic N) is 2. The number of aryl methyl sites for hydroxylation is 2. The van der Waals surface area contributed by atoms with Crippen LogP contribution in [0.15, 0.2) is 23.1 Å². The van der Waals surface area contributed by atoms with E-state index in [9.17, 15) is 4.79 Å². The fraction of sp³-hybridized carbons (Fsp3) is 0.353. The lowest BCUT2D eigenvalue weighted by Crippen LogP contribution is -2.09. The van der Waals surface area contributed by atoms with E-state index >= 15 is 0 Å². The molecule has 0 fully saturated rings. The van der Waals surface area contributed by atoms with Crippen LogP contribution in [-0.2, 0) is 0 Å². The van der Waals surface area contributed by atoms with E-state index in [1.54, 1.807) is 6.08 Å². The van der Waals surface area contributed by atoms with Gasteiger partial charge in [-0.2, -0.15) is 0 Å². The molecule has 1 heterocycles. The molecule has 2 rings (SSSR count). The number of Topliss-reactive ketones (excluding diaryl/α,β-unsaturated/α-hetero) is 1. The first-order chi connectivity index (χ1) is 10.9. The van der Waals surface area contributed by atoms with Crippen LogP contribution >= 0.6 is 23.1 Å². The van der Waals surface area contributed by atoms with Crippen molar-refractivity contribution in [3.05, 3.63) is 46.5 Å². The molecule has 0 saturated carbocycles. The van der Waals surface area contributed by atoms with E-state index in [-0.39, 0.29) is 5.78 Å². The molecule has 0 amide bonds. The Kier molecular flexibility index (Phi) is 5.96. The number of carbonyl (C=O) groups excluding carboxylic acids is 1. The van der Waals surface area contributed by atoms with Gasteiger partial charge in [0.1, 0.15) is 0 Å². The Morgan fingerprint density at radius 2 is 1.91 bits per heavy atom. The maximum Gasteiger partial charge on any atom is 0.206 e. The molecule has 0 aliphatic rings. The zero-order valence-electron chi connectivity index (χ0n) is 13.9. The number of aromatic nitrogens is 2. The van der Waals surface area contributed by atoms with Gasteiger partial charge in [0.05, 0.1) is 5.75 Å². The Balaban J connectivity index is 2.08. The molecule has 2 aromatic rings. The van der Waals surface area contributed by atoms with Crippen molar-refractivity contribution in [2.45, 2.75) is 32.0 Å². The third-order valence-electron chi connectivity index (χ3n) is 3.78. The molecule has 4 nitrogen and oxygen atoms in total. The minimum atomic E-state index is 0.146. The number of carbonyl (C=O) groups is 1. The number of hydrogen-bond donors (Lipinski definition) is 1. The first kappa shape index (κ1) is 17.7. The summed E-state index contributed by atoms with van der Waals surface area (Å²) in [5.74, 6) is 0.522. The number of nitrogens with one attached hydrogen (secondary N) is 1. The SMILES string of the molecule is C=CCNc1nnc(SCC(=O)c2c(C)c(C)cc(C)c2C)s1. The molecule has 0 aliphatic carbocycles. The van der Waals surface area contributed by atoms with E-state index in [1.165, 1.54) is 23.1 Å². The van der Waals surface area contributed by atoms with Gasteiger partial charge in [-0.05, 0) is 49.9 Å². The van der Waals surface area contributed by atoms with Crippen molar-refractivity contribution in [2.75, 3.05) is 17.6 Å². The van der Waals surface area contributed by atoms with E-state index in [2.05, 4.69) is 28.2 Å². The Morgan fingerprint density at radius 3 is 2.52 bits per heavy atom. The van der Waals surface area contributed by atoms with E-state index in [1.807, 2.05) is 27.7 Å². The van der Waals surface area contributed by atoms with Gasteiger partial charge in [-0.25, -0.2) is 0 Å². The minimum Gasteiger partial charge on any atom is -0.357 e. The molecule has 0 unspecified atom stereocenters. The van der Waals surface area contributed by atoms with Gasteiger partial charge >= 0.3 is 0 Å². The summed E-state index contributed by atoms with van der Waals surface area (Å²) in [6, 6.07) is 2.14. The van der Waals surface area contributed by atoms with Crippen LogP contribution in [0.3, 0.4) is 0 Å². The lowest BCUT2D eigenvalue weighted by atomic mass is 9.92. The molecule has 0 bridgehead atoms. The highest BCUT2D eigenvalue weighted by molar-refractivity contribution is 8.01. The number of thioether (sulfide) groups is 1. The molecule has 0 atom stereocenters. The summed E-state index contributed by atoms with van der Waals surface area (Å²) in [7, 11) is 0. The fourth-order valence-corrected chi connectivity index (χ4v) is 3.96. The van der Waals surface area contributed by atoms with E-state index in [0.717, 1.165) is 37.3 Å². The first-order valence-corrected chi connectivity index (χ1v) is 9.16. The van der Waals surface area contributed by atoms with Crippen molar-refractivity contribution in [3.63, 3.8) is 0 Å². The largest absolute Gasteiger partial charge is 0.357 e. The summed E-state index contributed by atoms with van der Waals surface area (Å²) in [6.07, 6.45) is 1.77. The maximum atomic E-state index is 12.6. The highest BCUT2D eigenvalue weighted by Gasteiger charge is 2.17. The monoisotopic (exact) mass is 347 g/mol. The summed E-state index contributed by atoms with van der Waals surface area (Å²) < 4.78 is 0.796. The van der Waals surface area contributed by atoms with Gasteiger partial charge in [0, 0.05) is 12.1 Å². The standard InChI is InChI=1S/C17H21N3OS2/c1-6-7-18-16-19-20-17(23-16)22-9-14(21)15-12(4)10(2)8-11(3)13(15)5/h6,8H,1,7,9H2,2-5H3,(H,18,19). The second-order valence-corrected chi connectivity index (χ2v) is 7.59. The number of anilines is 1. The van der Waals surface area contributed by atoms with Crippen LogP contribution in [-0.4, -0.2) is 28.3 Å². The van der Waals surface area contributed by atoms with Crippen LogP contribution in [0.2, 0.25) is 0 Å². The second kappa shape index (κ2) is 7.75. The summed E-state index contributed by atoms with van der Waals surface area (Å²) in [4.78, 5) is 12.6. The third kappa shape index (κ3) is 4.20. The van der Waals surface area contributed by atoms with Crippen molar-refractivity contribution >= 4 is 34.0 Å². The average molecular weight is 348 g/mol. The van der Waals surface area contributed by atoms with E-state index in [0.29, 0.717) is 12.3 Å². The average Bonchev–Trinajstić information content (AvgIpc) is 2.97. The van der Waals surface area contributed by atoms with Crippen LogP contribution < -0.4 is 5.32 Å².